The van der Waals surface area contributed by atoms with E-state index < -0.39 is 0 Å². The van der Waals surface area contributed by atoms with E-state index in [4.69, 9.17) is 28.7 Å². The maximum absolute atomic E-state index is 6.02. The van der Waals surface area contributed by atoms with E-state index in [1.54, 1.807) is 7.11 Å². The van der Waals surface area contributed by atoms with E-state index in [-0.39, 0.29) is 24.0 Å². The van der Waals surface area contributed by atoms with Crippen LogP contribution in [0.3, 0.4) is 0 Å². The maximum atomic E-state index is 6.02. The summed E-state index contributed by atoms with van der Waals surface area (Å²) in [6.07, 6.45) is 8.56. The van der Waals surface area contributed by atoms with Gasteiger partial charge in [-0.1, -0.05) is 19.3 Å². The molecule has 3 rings (SSSR count). The molecule has 1 aromatic rings. The minimum absolute atomic E-state index is 0. The molecule has 0 aromatic heterocycles. The Labute approximate surface area is 215 Å². The number of aliphatic imine (C=N–C) groups is 1. The lowest BCUT2D eigenvalue weighted by Gasteiger charge is -2.21. The fraction of sp³-hybridized carbons (Fsp3) is 0.708. The average molecular weight is 578 g/mol. The fourth-order valence-corrected chi connectivity index (χ4v) is 3.74. The third kappa shape index (κ3) is 11.1. The number of nitrogens with one attached hydrogen (secondary N) is 2. The van der Waals surface area contributed by atoms with E-state index in [0.717, 1.165) is 36.6 Å². The normalized spacial score (nSPS) is 16.6. The lowest BCUT2D eigenvalue weighted by molar-refractivity contribution is 0.0281. The molecule has 0 saturated heterocycles. The zero-order valence-electron chi connectivity index (χ0n) is 19.8. The largest absolute Gasteiger partial charge is 0.490 e. The highest BCUT2D eigenvalue weighted by Gasteiger charge is 2.13. The number of fused-ring (bicyclic) bond motifs is 1. The van der Waals surface area contributed by atoms with Crippen molar-refractivity contribution in [1.82, 2.24) is 5.32 Å². The zero-order valence-corrected chi connectivity index (χ0v) is 22.1. The molecule has 33 heavy (non-hydrogen) atoms. The van der Waals surface area contributed by atoms with E-state index in [2.05, 4.69) is 10.6 Å². The standard InChI is InChI=1S/C24H39N3O5.HI/c1-28-17-18-29-16-12-26-24(25-11-5-13-30-21-7-3-2-4-8-21)27-20-9-10-22-23(19-20)32-15-6-14-31-22;/h9-10,19,21H,2-8,11-18H2,1H3,(H2,25,26,27);1H. The topological polar surface area (TPSA) is 82.6 Å². The summed E-state index contributed by atoms with van der Waals surface area (Å²) in [6, 6.07) is 5.87. The predicted octanol–water partition coefficient (Wildman–Crippen LogP) is 4.23. The van der Waals surface area contributed by atoms with Crippen molar-refractivity contribution in [3.05, 3.63) is 18.2 Å². The summed E-state index contributed by atoms with van der Waals surface area (Å²) >= 11 is 0. The van der Waals surface area contributed by atoms with Crippen LogP contribution < -0.4 is 20.1 Å². The quantitative estimate of drug-likeness (QED) is 0.167. The highest BCUT2D eigenvalue weighted by atomic mass is 127. The molecule has 1 saturated carbocycles. The second kappa shape index (κ2) is 17.2. The first kappa shape index (κ1) is 27.9. The van der Waals surface area contributed by atoms with E-state index in [1.165, 1.54) is 32.1 Å². The Bertz CT molecular complexity index is 686. The second-order valence-electron chi connectivity index (χ2n) is 8.08. The van der Waals surface area contributed by atoms with Crippen molar-refractivity contribution in [3.8, 4) is 11.5 Å². The average Bonchev–Trinajstić information content (AvgIpc) is 3.06. The molecule has 1 aromatic carbocycles. The highest BCUT2D eigenvalue weighted by Crippen LogP contribution is 2.32. The molecule has 1 heterocycles. The number of guanidine groups is 1. The lowest BCUT2D eigenvalue weighted by atomic mass is 9.98. The Balaban J connectivity index is 0.00000385. The van der Waals surface area contributed by atoms with Gasteiger partial charge in [0, 0.05) is 45.0 Å². The molecule has 0 amide bonds. The van der Waals surface area contributed by atoms with E-state index in [0.29, 0.717) is 58.2 Å². The van der Waals surface area contributed by atoms with Crippen molar-refractivity contribution in [2.45, 2.75) is 51.0 Å². The molecule has 1 aliphatic heterocycles. The molecule has 2 aliphatic rings. The van der Waals surface area contributed by atoms with Crippen LogP contribution in [0.4, 0.5) is 5.69 Å². The molecule has 0 radical (unpaired) electrons. The molecule has 1 fully saturated rings. The molecular formula is C24H40IN3O5. The number of rotatable bonds is 12. The Morgan fingerprint density at radius 1 is 1.00 bits per heavy atom. The number of benzene rings is 1. The number of halogens is 1. The van der Waals surface area contributed by atoms with Gasteiger partial charge in [-0.05, 0) is 31.4 Å². The van der Waals surface area contributed by atoms with Crippen LogP contribution in [0.5, 0.6) is 11.5 Å². The van der Waals surface area contributed by atoms with Crippen molar-refractivity contribution in [1.29, 1.82) is 0 Å². The van der Waals surface area contributed by atoms with Gasteiger partial charge in [0.25, 0.3) is 0 Å². The SMILES string of the molecule is COCCOCCNC(=NCCCOC1CCCCC1)Nc1ccc2c(c1)OCCCO2.I. The van der Waals surface area contributed by atoms with Crippen molar-refractivity contribution in [2.24, 2.45) is 4.99 Å². The van der Waals surface area contributed by atoms with Gasteiger partial charge in [0.2, 0.25) is 0 Å². The van der Waals surface area contributed by atoms with Gasteiger partial charge in [-0.2, -0.15) is 0 Å². The number of hydrogen-bond donors (Lipinski definition) is 2. The summed E-state index contributed by atoms with van der Waals surface area (Å²) in [5, 5.41) is 6.71. The van der Waals surface area contributed by atoms with Crippen LogP contribution >= 0.6 is 24.0 Å². The van der Waals surface area contributed by atoms with Gasteiger partial charge in [0.15, 0.2) is 17.5 Å². The summed E-state index contributed by atoms with van der Waals surface area (Å²) < 4.78 is 28.1. The number of anilines is 1. The smallest absolute Gasteiger partial charge is 0.195 e. The molecule has 8 nitrogen and oxygen atoms in total. The minimum Gasteiger partial charge on any atom is -0.490 e. The Kier molecular flexibility index (Phi) is 14.5. The molecule has 2 N–H and O–H groups in total. The molecule has 1 aliphatic carbocycles. The van der Waals surface area contributed by atoms with Crippen LogP contribution in [0.15, 0.2) is 23.2 Å². The van der Waals surface area contributed by atoms with Crippen LogP contribution in [-0.2, 0) is 14.2 Å². The highest BCUT2D eigenvalue weighted by molar-refractivity contribution is 14.0. The zero-order chi connectivity index (χ0) is 22.3. The van der Waals surface area contributed by atoms with Gasteiger partial charge in [-0.25, -0.2) is 0 Å². The summed E-state index contributed by atoms with van der Waals surface area (Å²) in [7, 11) is 1.67. The van der Waals surface area contributed by atoms with Gasteiger partial charge >= 0.3 is 0 Å². The lowest BCUT2D eigenvalue weighted by Crippen LogP contribution is -2.34. The summed E-state index contributed by atoms with van der Waals surface area (Å²) in [5.41, 5.74) is 0.902. The van der Waals surface area contributed by atoms with E-state index >= 15 is 0 Å². The van der Waals surface area contributed by atoms with Crippen LogP contribution in [0, 0.1) is 0 Å². The molecule has 9 heteroatoms. The van der Waals surface area contributed by atoms with Crippen LogP contribution in [-0.4, -0.2) is 71.9 Å². The van der Waals surface area contributed by atoms with Crippen LogP contribution in [0.2, 0.25) is 0 Å². The summed E-state index contributed by atoms with van der Waals surface area (Å²) in [5.74, 6) is 2.26. The first-order valence-corrected chi connectivity index (χ1v) is 12.0. The molecule has 0 atom stereocenters. The first-order chi connectivity index (χ1) is 15.8. The fourth-order valence-electron chi connectivity index (χ4n) is 3.74. The van der Waals surface area contributed by atoms with Gasteiger partial charge in [0.1, 0.15) is 0 Å². The number of ether oxygens (including phenoxy) is 5. The van der Waals surface area contributed by atoms with Gasteiger partial charge in [-0.3, -0.25) is 4.99 Å². The number of nitrogens with zero attached hydrogens (tertiary/aromatic N) is 1. The summed E-state index contributed by atoms with van der Waals surface area (Å²) in [4.78, 5) is 4.73. The molecular weight excluding hydrogens is 537 g/mol. The molecule has 0 unspecified atom stereocenters. The minimum atomic E-state index is 0. The van der Waals surface area contributed by atoms with Gasteiger partial charge in [-0.15, -0.1) is 24.0 Å². The van der Waals surface area contributed by atoms with E-state index in [1.807, 2.05) is 18.2 Å². The Morgan fingerprint density at radius 3 is 2.64 bits per heavy atom. The van der Waals surface area contributed by atoms with Crippen molar-refractivity contribution in [3.63, 3.8) is 0 Å². The van der Waals surface area contributed by atoms with Crippen molar-refractivity contribution < 1.29 is 23.7 Å². The van der Waals surface area contributed by atoms with Crippen molar-refractivity contribution >= 4 is 35.6 Å². The third-order valence-corrected chi connectivity index (χ3v) is 5.46. The maximum Gasteiger partial charge on any atom is 0.195 e. The second-order valence-corrected chi connectivity index (χ2v) is 8.08. The van der Waals surface area contributed by atoms with Gasteiger partial charge < -0.3 is 34.3 Å². The third-order valence-electron chi connectivity index (χ3n) is 5.46. The Morgan fingerprint density at radius 2 is 1.82 bits per heavy atom. The Hall–Kier alpha value is -1.30. The summed E-state index contributed by atoms with van der Waals surface area (Å²) in [6.45, 7) is 5.20. The van der Waals surface area contributed by atoms with Crippen LogP contribution in [0.1, 0.15) is 44.9 Å². The number of hydrogen-bond acceptors (Lipinski definition) is 6. The van der Waals surface area contributed by atoms with E-state index in [9.17, 15) is 0 Å². The van der Waals surface area contributed by atoms with Crippen LogP contribution in [0.25, 0.3) is 0 Å². The monoisotopic (exact) mass is 577 g/mol. The molecule has 0 spiro atoms. The predicted molar refractivity (Wildman–Crippen MR) is 142 cm³/mol. The first-order valence-electron chi connectivity index (χ1n) is 12.0. The number of methoxy groups -OCH3 is 1. The van der Waals surface area contributed by atoms with Gasteiger partial charge in [0.05, 0.1) is 39.1 Å². The van der Waals surface area contributed by atoms with Crippen molar-refractivity contribution in [2.75, 3.05) is 65.2 Å². The molecule has 0 bridgehead atoms. The molecule has 188 valence electrons.